The zero-order valence-electron chi connectivity index (χ0n) is 13.2. The lowest BCUT2D eigenvalue weighted by molar-refractivity contribution is -0.138. The van der Waals surface area contributed by atoms with Gasteiger partial charge in [0.2, 0.25) is 5.88 Å². The molecule has 0 atom stereocenters. The van der Waals surface area contributed by atoms with Crippen LogP contribution in [-0.4, -0.2) is 35.0 Å². The lowest BCUT2D eigenvalue weighted by Crippen LogP contribution is -2.20. The maximum absolute atomic E-state index is 12.1. The standard InChI is InChI=1S/C16H22N2O4/c1-4-8-12(19)13(16(20)22-6-3)14(17)11-9-7-10-18-15(11)21-5-2/h7,9-10,17,19H,4-6,8H2,1-3H3. The second kappa shape index (κ2) is 8.81. The van der Waals surface area contributed by atoms with E-state index in [2.05, 4.69) is 4.98 Å². The molecule has 1 heterocycles. The van der Waals surface area contributed by atoms with Crippen molar-refractivity contribution in [2.75, 3.05) is 13.2 Å². The van der Waals surface area contributed by atoms with Crippen LogP contribution in [0.5, 0.6) is 5.88 Å². The Kier molecular flexibility index (Phi) is 7.08. The summed E-state index contributed by atoms with van der Waals surface area (Å²) in [4.78, 5) is 16.2. The van der Waals surface area contributed by atoms with Crippen molar-refractivity contribution in [1.29, 1.82) is 5.41 Å². The molecule has 120 valence electrons. The van der Waals surface area contributed by atoms with Crippen LogP contribution in [0.3, 0.4) is 0 Å². The number of carbonyl (C=O) groups is 1. The fraction of sp³-hybridized carbons (Fsp3) is 0.438. The molecule has 6 nitrogen and oxygen atoms in total. The minimum Gasteiger partial charge on any atom is -0.511 e. The SMILES string of the molecule is CCCC(O)=C(C(=N)c1cccnc1OCC)C(=O)OCC. The van der Waals surface area contributed by atoms with E-state index in [4.69, 9.17) is 14.9 Å². The minimum atomic E-state index is -0.718. The van der Waals surface area contributed by atoms with E-state index >= 15 is 0 Å². The first-order chi connectivity index (χ1) is 10.6. The van der Waals surface area contributed by atoms with Crippen LogP contribution >= 0.6 is 0 Å². The molecule has 1 aromatic heterocycles. The first-order valence-corrected chi connectivity index (χ1v) is 7.33. The Labute approximate surface area is 130 Å². The summed E-state index contributed by atoms with van der Waals surface area (Å²) < 4.78 is 10.3. The largest absolute Gasteiger partial charge is 0.511 e. The van der Waals surface area contributed by atoms with Crippen LogP contribution in [0.15, 0.2) is 29.7 Å². The number of ether oxygens (including phenoxy) is 2. The molecule has 0 aliphatic rings. The van der Waals surface area contributed by atoms with Gasteiger partial charge < -0.3 is 14.6 Å². The normalized spacial score (nSPS) is 11.6. The molecule has 2 N–H and O–H groups in total. The maximum atomic E-state index is 12.1. The highest BCUT2D eigenvalue weighted by molar-refractivity contribution is 6.26. The van der Waals surface area contributed by atoms with E-state index in [1.54, 1.807) is 32.2 Å². The second-order valence-electron chi connectivity index (χ2n) is 4.46. The van der Waals surface area contributed by atoms with Gasteiger partial charge in [0.25, 0.3) is 0 Å². The second-order valence-corrected chi connectivity index (χ2v) is 4.46. The van der Waals surface area contributed by atoms with E-state index < -0.39 is 5.97 Å². The van der Waals surface area contributed by atoms with E-state index in [1.165, 1.54) is 0 Å². The number of esters is 1. The minimum absolute atomic E-state index is 0.141. The summed E-state index contributed by atoms with van der Waals surface area (Å²) in [6, 6.07) is 3.27. The van der Waals surface area contributed by atoms with Gasteiger partial charge in [-0.1, -0.05) is 6.92 Å². The number of aromatic nitrogens is 1. The van der Waals surface area contributed by atoms with E-state index in [0.29, 0.717) is 25.0 Å². The Balaban J connectivity index is 3.29. The molecule has 6 heteroatoms. The summed E-state index contributed by atoms with van der Waals surface area (Å²) in [6.07, 6.45) is 2.48. The molecule has 0 amide bonds. The lowest BCUT2D eigenvalue weighted by atomic mass is 10.0. The molecule has 0 spiro atoms. The molecule has 1 aromatic rings. The monoisotopic (exact) mass is 306 g/mol. The highest BCUT2D eigenvalue weighted by Crippen LogP contribution is 2.22. The first-order valence-electron chi connectivity index (χ1n) is 7.33. The summed E-state index contributed by atoms with van der Waals surface area (Å²) in [5.41, 5.74) is 0.0497. The fourth-order valence-electron chi connectivity index (χ4n) is 1.90. The summed E-state index contributed by atoms with van der Waals surface area (Å²) in [7, 11) is 0. The third-order valence-corrected chi connectivity index (χ3v) is 2.83. The van der Waals surface area contributed by atoms with Crippen molar-refractivity contribution in [3.63, 3.8) is 0 Å². The number of aliphatic hydroxyl groups excluding tert-OH is 1. The molecule has 0 unspecified atom stereocenters. The molecule has 0 saturated carbocycles. The number of aliphatic hydroxyl groups is 1. The third kappa shape index (κ3) is 4.31. The average Bonchev–Trinajstić information content (AvgIpc) is 2.49. The van der Waals surface area contributed by atoms with Crippen LogP contribution in [-0.2, 0) is 9.53 Å². The number of pyridine rings is 1. The third-order valence-electron chi connectivity index (χ3n) is 2.83. The van der Waals surface area contributed by atoms with Crippen molar-refractivity contribution in [2.45, 2.75) is 33.6 Å². The number of hydrogen-bond donors (Lipinski definition) is 2. The lowest BCUT2D eigenvalue weighted by Gasteiger charge is -2.13. The van der Waals surface area contributed by atoms with Crippen LogP contribution in [0.4, 0.5) is 0 Å². The van der Waals surface area contributed by atoms with Crippen molar-refractivity contribution >= 4 is 11.7 Å². The predicted octanol–water partition coefficient (Wildman–Crippen LogP) is 3.02. The molecule has 0 aromatic carbocycles. The number of hydrogen-bond acceptors (Lipinski definition) is 6. The number of nitrogens with one attached hydrogen (secondary N) is 1. The van der Waals surface area contributed by atoms with Crippen LogP contribution in [0, 0.1) is 5.41 Å². The Morgan fingerprint density at radius 3 is 2.64 bits per heavy atom. The number of carbonyl (C=O) groups excluding carboxylic acids is 1. The first kappa shape index (κ1) is 17.7. The summed E-state index contributed by atoms with van der Waals surface area (Å²) >= 11 is 0. The summed E-state index contributed by atoms with van der Waals surface area (Å²) in [5, 5.41) is 18.4. The fourth-order valence-corrected chi connectivity index (χ4v) is 1.90. The van der Waals surface area contributed by atoms with Crippen LogP contribution in [0.2, 0.25) is 0 Å². The van der Waals surface area contributed by atoms with Crippen molar-refractivity contribution in [2.24, 2.45) is 0 Å². The van der Waals surface area contributed by atoms with Crippen molar-refractivity contribution in [3.8, 4) is 5.88 Å². The average molecular weight is 306 g/mol. The number of rotatable bonds is 8. The molecule has 0 aliphatic carbocycles. The van der Waals surface area contributed by atoms with E-state index in [9.17, 15) is 9.90 Å². The Hall–Kier alpha value is -2.37. The maximum Gasteiger partial charge on any atom is 0.343 e. The smallest absolute Gasteiger partial charge is 0.343 e. The van der Waals surface area contributed by atoms with Crippen LogP contribution in [0.25, 0.3) is 0 Å². The van der Waals surface area contributed by atoms with Gasteiger partial charge in [0, 0.05) is 12.6 Å². The Bertz CT molecular complexity index is 567. The Morgan fingerprint density at radius 2 is 2.05 bits per heavy atom. The van der Waals surface area contributed by atoms with Gasteiger partial charge in [-0.05, 0) is 32.4 Å². The molecular formula is C16H22N2O4. The van der Waals surface area contributed by atoms with Crippen LogP contribution < -0.4 is 4.74 Å². The van der Waals surface area contributed by atoms with Crippen molar-refractivity contribution in [3.05, 3.63) is 35.2 Å². The summed E-state index contributed by atoms with van der Waals surface area (Å²) in [6.45, 7) is 5.90. The van der Waals surface area contributed by atoms with Crippen LogP contribution in [0.1, 0.15) is 39.2 Å². The quantitative estimate of drug-likeness (QED) is 0.333. The molecule has 0 aliphatic heterocycles. The van der Waals surface area contributed by atoms with Gasteiger partial charge in [0.15, 0.2) is 0 Å². The Morgan fingerprint density at radius 1 is 1.32 bits per heavy atom. The van der Waals surface area contributed by atoms with Gasteiger partial charge in [-0.2, -0.15) is 0 Å². The number of allylic oxidation sites excluding steroid dienone is 1. The molecule has 0 fully saturated rings. The van der Waals surface area contributed by atoms with Gasteiger partial charge in [-0.3, -0.25) is 5.41 Å². The topological polar surface area (TPSA) is 92.5 Å². The molecule has 0 bridgehead atoms. The van der Waals surface area contributed by atoms with Gasteiger partial charge >= 0.3 is 5.97 Å². The molecular weight excluding hydrogens is 284 g/mol. The number of nitrogens with zero attached hydrogens (tertiary/aromatic N) is 1. The predicted molar refractivity (Wildman–Crippen MR) is 83.4 cm³/mol. The zero-order chi connectivity index (χ0) is 16.5. The van der Waals surface area contributed by atoms with E-state index in [-0.39, 0.29) is 29.5 Å². The van der Waals surface area contributed by atoms with Gasteiger partial charge in [-0.15, -0.1) is 0 Å². The molecule has 0 radical (unpaired) electrons. The molecule has 1 rings (SSSR count). The summed E-state index contributed by atoms with van der Waals surface area (Å²) in [5.74, 6) is -0.622. The van der Waals surface area contributed by atoms with Crippen molar-refractivity contribution in [1.82, 2.24) is 4.98 Å². The zero-order valence-corrected chi connectivity index (χ0v) is 13.2. The van der Waals surface area contributed by atoms with E-state index in [0.717, 1.165) is 0 Å². The highest BCUT2D eigenvalue weighted by atomic mass is 16.5. The van der Waals surface area contributed by atoms with E-state index in [1.807, 2.05) is 6.92 Å². The van der Waals surface area contributed by atoms with Gasteiger partial charge in [0.1, 0.15) is 11.3 Å². The highest BCUT2D eigenvalue weighted by Gasteiger charge is 2.25. The molecule has 22 heavy (non-hydrogen) atoms. The molecule has 0 saturated heterocycles. The van der Waals surface area contributed by atoms with Gasteiger partial charge in [0.05, 0.1) is 24.5 Å². The van der Waals surface area contributed by atoms with Crippen molar-refractivity contribution < 1.29 is 19.4 Å². The van der Waals surface area contributed by atoms with Gasteiger partial charge in [-0.25, -0.2) is 9.78 Å².